The molecule has 0 radical (unpaired) electrons. The molecule has 6 atom stereocenters. The van der Waals surface area contributed by atoms with E-state index in [1.807, 2.05) is 27.7 Å². The number of rotatable bonds is 28. The van der Waals surface area contributed by atoms with E-state index in [0.29, 0.717) is 52.7 Å². The summed E-state index contributed by atoms with van der Waals surface area (Å²) in [7, 11) is 1.43. The van der Waals surface area contributed by atoms with E-state index in [0.717, 1.165) is 0 Å². The molecule has 0 heterocycles. The van der Waals surface area contributed by atoms with E-state index in [4.69, 9.17) is 74.0 Å². The summed E-state index contributed by atoms with van der Waals surface area (Å²) in [5, 5.41) is 78.2. The molecule has 284 valence electrons. The van der Waals surface area contributed by atoms with Crippen molar-refractivity contribution >= 4 is 0 Å². The van der Waals surface area contributed by atoms with Crippen molar-refractivity contribution in [3.05, 3.63) is 0 Å². The van der Waals surface area contributed by atoms with Gasteiger partial charge in [0.2, 0.25) is 0 Å². The van der Waals surface area contributed by atoms with E-state index in [1.165, 1.54) is 7.11 Å². The average molecular weight is 687 g/mol. The van der Waals surface area contributed by atoms with Crippen molar-refractivity contribution in [1.82, 2.24) is 0 Å². The van der Waals surface area contributed by atoms with Crippen LogP contribution < -0.4 is 0 Å². The summed E-state index contributed by atoms with van der Waals surface area (Å²) in [5.41, 5.74) is 0. The molecular formula is C29H66O17. The number of aliphatic hydroxyl groups excluding tert-OH is 9. The minimum atomic E-state index is -0.876. The maximum Gasteiger partial charge on any atom is 0.177 e. The molecule has 0 aliphatic rings. The van der Waals surface area contributed by atoms with Crippen LogP contribution in [0.1, 0.15) is 34.1 Å². The molecule has 0 fully saturated rings. The van der Waals surface area contributed by atoms with Crippen molar-refractivity contribution in [2.24, 2.45) is 0 Å². The Morgan fingerprint density at radius 2 is 0.848 bits per heavy atom. The fourth-order valence-electron chi connectivity index (χ4n) is 2.44. The number of ether oxygens (including phenoxy) is 8. The first-order chi connectivity index (χ1) is 22.1. The highest BCUT2D eigenvalue weighted by Crippen LogP contribution is 1.97. The van der Waals surface area contributed by atoms with Crippen molar-refractivity contribution < 1.29 is 83.9 Å². The first-order valence-electron chi connectivity index (χ1n) is 15.5. The number of aliphatic hydroxyl groups is 9. The minimum Gasteiger partial charge on any atom is -0.396 e. The van der Waals surface area contributed by atoms with Crippen molar-refractivity contribution in [2.75, 3.05) is 119 Å². The zero-order valence-electron chi connectivity index (χ0n) is 28.5. The van der Waals surface area contributed by atoms with Crippen molar-refractivity contribution in [2.45, 2.75) is 70.9 Å². The van der Waals surface area contributed by atoms with Gasteiger partial charge in [0, 0.05) is 46.8 Å². The van der Waals surface area contributed by atoms with Gasteiger partial charge in [-0.25, -0.2) is 0 Å². The lowest BCUT2D eigenvalue weighted by molar-refractivity contribution is -0.117. The molecule has 17 nitrogen and oxygen atoms in total. The number of methoxy groups -OCH3 is 1. The standard InChI is InChI=1S/C11H24O6.C8H18O5.2C5H12O3/c1-2-17-11(8-15-5-3-4-12)9-16-7-10(14)6-13;1-2-12-5-8(11)6-13-4-7(10)3-9;1-3-8-4-5(6)7-2;1-2-8-4-5(7)3-6/h10-14H,2-9H2,1H3;7-11H,2-6H2,1H3;5-6H,3-4H2,1-2H3;5-7H,2-4H2,1H3. The Morgan fingerprint density at radius 1 is 0.457 bits per heavy atom. The molecule has 0 aliphatic heterocycles. The Balaban J connectivity index is -0.000000270. The van der Waals surface area contributed by atoms with Crippen LogP contribution in [0.25, 0.3) is 0 Å². The van der Waals surface area contributed by atoms with Crippen LogP contribution in [-0.4, -0.2) is 202 Å². The lowest BCUT2D eigenvalue weighted by Crippen LogP contribution is -2.29. The largest absolute Gasteiger partial charge is 0.396 e. The van der Waals surface area contributed by atoms with Gasteiger partial charge in [-0.3, -0.25) is 0 Å². The maximum absolute atomic E-state index is 9.17. The summed E-state index contributed by atoms with van der Waals surface area (Å²) >= 11 is 0. The van der Waals surface area contributed by atoms with Gasteiger partial charge in [-0.05, 0) is 34.1 Å². The molecule has 0 aliphatic carbocycles. The van der Waals surface area contributed by atoms with Gasteiger partial charge in [-0.15, -0.1) is 0 Å². The van der Waals surface area contributed by atoms with Gasteiger partial charge in [0.1, 0.15) is 30.5 Å². The van der Waals surface area contributed by atoms with Crippen LogP contribution in [0.3, 0.4) is 0 Å². The topological polar surface area (TPSA) is 256 Å². The second-order valence-corrected chi connectivity index (χ2v) is 9.14. The quantitative estimate of drug-likeness (QED) is 0.0299. The molecule has 0 aromatic heterocycles. The maximum atomic E-state index is 9.17. The summed E-state index contributed by atoms with van der Waals surface area (Å²) in [6.45, 7) is 11.1. The van der Waals surface area contributed by atoms with E-state index in [1.54, 1.807) is 0 Å². The third kappa shape index (κ3) is 47.7. The van der Waals surface area contributed by atoms with Crippen LogP contribution in [0.2, 0.25) is 0 Å². The van der Waals surface area contributed by atoms with E-state index in [9.17, 15) is 5.11 Å². The molecule has 0 saturated carbocycles. The van der Waals surface area contributed by atoms with E-state index >= 15 is 0 Å². The highest BCUT2D eigenvalue weighted by atomic mass is 16.6. The SMILES string of the molecule is CCOC(COCCCO)COCC(O)CO.CCOCC(O)CO.CCOCC(O)COCC(O)CO.CCOCC(O)OC. The summed E-state index contributed by atoms with van der Waals surface area (Å²) in [4.78, 5) is 0. The molecule has 0 rings (SSSR count). The fourth-order valence-corrected chi connectivity index (χ4v) is 2.44. The van der Waals surface area contributed by atoms with Gasteiger partial charge in [-0.2, -0.15) is 0 Å². The third-order valence-corrected chi connectivity index (χ3v) is 4.78. The molecule has 6 unspecified atom stereocenters. The van der Waals surface area contributed by atoms with Crippen LogP contribution in [0, 0.1) is 0 Å². The molecule has 0 amide bonds. The van der Waals surface area contributed by atoms with Gasteiger partial charge < -0.3 is 83.9 Å². The zero-order valence-corrected chi connectivity index (χ0v) is 28.5. The Labute approximate surface area is 274 Å². The van der Waals surface area contributed by atoms with Gasteiger partial charge in [0.25, 0.3) is 0 Å². The van der Waals surface area contributed by atoms with Gasteiger partial charge >= 0.3 is 0 Å². The van der Waals surface area contributed by atoms with Crippen molar-refractivity contribution in [3.63, 3.8) is 0 Å². The highest BCUT2D eigenvalue weighted by Gasteiger charge is 2.11. The van der Waals surface area contributed by atoms with Crippen LogP contribution >= 0.6 is 0 Å². The highest BCUT2D eigenvalue weighted by molar-refractivity contribution is 4.57. The predicted molar refractivity (Wildman–Crippen MR) is 167 cm³/mol. The van der Waals surface area contributed by atoms with Crippen LogP contribution in [0.4, 0.5) is 0 Å². The Hall–Kier alpha value is -0.680. The molecule has 9 N–H and O–H groups in total. The summed E-state index contributed by atoms with van der Waals surface area (Å²) in [6.07, 6.45) is -3.48. The molecule has 0 saturated heterocycles. The second kappa shape index (κ2) is 44.3. The summed E-state index contributed by atoms with van der Waals surface area (Å²) < 4.78 is 39.8. The van der Waals surface area contributed by atoms with Crippen molar-refractivity contribution in [1.29, 1.82) is 0 Å². The molecular weight excluding hydrogens is 620 g/mol. The minimum absolute atomic E-state index is 0.0275. The number of hydrogen-bond donors (Lipinski definition) is 9. The van der Waals surface area contributed by atoms with E-state index in [-0.39, 0.29) is 72.2 Å². The van der Waals surface area contributed by atoms with Crippen LogP contribution in [-0.2, 0) is 37.9 Å². The monoisotopic (exact) mass is 686 g/mol. The van der Waals surface area contributed by atoms with Gasteiger partial charge in [0.05, 0.1) is 72.7 Å². The first-order valence-corrected chi connectivity index (χ1v) is 15.5. The predicted octanol–water partition coefficient (Wildman–Crippen LogP) is -2.72. The molecule has 46 heavy (non-hydrogen) atoms. The summed E-state index contributed by atoms with van der Waals surface area (Å²) in [6, 6.07) is 0. The second-order valence-electron chi connectivity index (χ2n) is 9.14. The van der Waals surface area contributed by atoms with Crippen LogP contribution in [0.15, 0.2) is 0 Å². The Bertz CT molecular complexity index is 510. The smallest absolute Gasteiger partial charge is 0.177 e. The first kappa shape index (κ1) is 52.1. The molecule has 0 aromatic rings. The lowest BCUT2D eigenvalue weighted by atomic mass is 10.4. The third-order valence-electron chi connectivity index (χ3n) is 4.78. The molecule has 0 bridgehead atoms. The molecule has 17 heteroatoms. The van der Waals surface area contributed by atoms with Crippen molar-refractivity contribution in [3.8, 4) is 0 Å². The van der Waals surface area contributed by atoms with Crippen LogP contribution in [0.5, 0.6) is 0 Å². The molecule has 0 spiro atoms. The Kier molecular flexibility index (Phi) is 50.2. The van der Waals surface area contributed by atoms with Gasteiger partial charge in [0.15, 0.2) is 6.29 Å². The average Bonchev–Trinajstić information content (AvgIpc) is 3.07. The number of hydrogen-bond acceptors (Lipinski definition) is 17. The zero-order chi connectivity index (χ0) is 35.8. The van der Waals surface area contributed by atoms with Gasteiger partial charge in [-0.1, -0.05) is 0 Å². The molecule has 0 aromatic carbocycles. The fraction of sp³-hybridized carbons (Fsp3) is 1.00. The lowest BCUT2D eigenvalue weighted by Gasteiger charge is -2.18. The Morgan fingerprint density at radius 3 is 1.26 bits per heavy atom. The van der Waals surface area contributed by atoms with E-state index in [2.05, 4.69) is 4.74 Å². The summed E-state index contributed by atoms with van der Waals surface area (Å²) in [5.74, 6) is 0. The normalized spacial score (nSPS) is 14.7. The van der Waals surface area contributed by atoms with E-state index < -0.39 is 30.7 Å².